The van der Waals surface area contributed by atoms with Crippen molar-refractivity contribution in [2.45, 2.75) is 19.9 Å². The zero-order valence-corrected chi connectivity index (χ0v) is 13.8. The summed E-state index contributed by atoms with van der Waals surface area (Å²) in [6.07, 6.45) is 1.78. The fraction of sp³-hybridized carbons (Fsp3) is 0.158. The van der Waals surface area contributed by atoms with Gasteiger partial charge in [0.1, 0.15) is 0 Å². The second-order valence-electron chi connectivity index (χ2n) is 5.63. The number of thioether (sulfide) groups is 1. The molecule has 2 aromatic carbocycles. The highest BCUT2D eigenvalue weighted by molar-refractivity contribution is 8.18. The van der Waals surface area contributed by atoms with Gasteiger partial charge in [0.25, 0.3) is 11.1 Å². The molecule has 0 spiro atoms. The Bertz CT molecular complexity index is 764. The van der Waals surface area contributed by atoms with E-state index < -0.39 is 0 Å². The van der Waals surface area contributed by atoms with Crippen LogP contribution in [0.15, 0.2) is 59.5 Å². The minimum atomic E-state index is -0.206. The third kappa shape index (κ3) is 3.22. The van der Waals surface area contributed by atoms with Crippen molar-refractivity contribution in [2.24, 2.45) is 0 Å². The molecule has 2 amide bonds. The number of rotatable bonds is 3. The molecule has 1 aliphatic heterocycles. The van der Waals surface area contributed by atoms with Crippen molar-refractivity contribution in [3.8, 4) is 11.1 Å². The van der Waals surface area contributed by atoms with Gasteiger partial charge in [0.2, 0.25) is 0 Å². The minimum absolute atomic E-state index is 0.117. The average Bonchev–Trinajstić information content (AvgIpc) is 2.83. The van der Waals surface area contributed by atoms with Crippen LogP contribution in [0.25, 0.3) is 17.2 Å². The summed E-state index contributed by atoms with van der Waals surface area (Å²) in [7, 11) is 0. The van der Waals surface area contributed by atoms with Crippen LogP contribution in [0.4, 0.5) is 4.79 Å². The molecule has 0 aromatic heterocycles. The van der Waals surface area contributed by atoms with Gasteiger partial charge in [-0.1, -0.05) is 54.6 Å². The Morgan fingerprint density at radius 1 is 0.913 bits per heavy atom. The Hall–Kier alpha value is -2.33. The van der Waals surface area contributed by atoms with Crippen LogP contribution in [0.5, 0.6) is 0 Å². The standard InChI is InChI=1S/C19H17NO2S/c1-13(2)20-18(21)17(23-19(20)22)12-14-8-10-16(11-9-14)15-6-4-3-5-7-15/h3-13H,1-2H3/b17-12+. The zero-order valence-electron chi connectivity index (χ0n) is 13.0. The molecule has 0 saturated carbocycles. The molecule has 1 saturated heterocycles. The molecule has 0 bridgehead atoms. The maximum atomic E-state index is 12.3. The summed E-state index contributed by atoms with van der Waals surface area (Å²) < 4.78 is 0. The number of nitrogens with zero attached hydrogens (tertiary/aromatic N) is 1. The number of benzene rings is 2. The van der Waals surface area contributed by atoms with Crippen molar-refractivity contribution in [2.75, 3.05) is 0 Å². The van der Waals surface area contributed by atoms with Crippen LogP contribution in [0, 0.1) is 0 Å². The fourth-order valence-corrected chi connectivity index (χ4v) is 3.44. The third-order valence-electron chi connectivity index (χ3n) is 3.66. The van der Waals surface area contributed by atoms with Gasteiger partial charge in [-0.3, -0.25) is 14.5 Å². The summed E-state index contributed by atoms with van der Waals surface area (Å²) in [6.45, 7) is 3.68. The topological polar surface area (TPSA) is 37.4 Å². The van der Waals surface area contributed by atoms with Crippen molar-refractivity contribution in [1.29, 1.82) is 0 Å². The molecule has 2 aromatic rings. The predicted octanol–water partition coefficient (Wildman–Crippen LogP) is 4.80. The van der Waals surface area contributed by atoms with Crippen molar-refractivity contribution in [1.82, 2.24) is 4.90 Å². The Balaban J connectivity index is 1.84. The smallest absolute Gasteiger partial charge is 0.268 e. The molecule has 1 heterocycles. The molecule has 23 heavy (non-hydrogen) atoms. The van der Waals surface area contributed by atoms with Crippen molar-refractivity contribution >= 4 is 29.0 Å². The molecule has 3 rings (SSSR count). The first-order valence-corrected chi connectivity index (χ1v) is 8.30. The molecule has 0 unspecified atom stereocenters. The van der Waals surface area contributed by atoms with Crippen LogP contribution < -0.4 is 0 Å². The summed E-state index contributed by atoms with van der Waals surface area (Å²) in [5, 5.41) is -0.197. The number of imide groups is 1. The van der Waals surface area contributed by atoms with E-state index in [-0.39, 0.29) is 17.2 Å². The lowest BCUT2D eigenvalue weighted by atomic mass is 10.0. The Kier molecular flexibility index (Phi) is 4.35. The maximum absolute atomic E-state index is 12.3. The van der Waals surface area contributed by atoms with Crippen LogP contribution in [-0.2, 0) is 4.79 Å². The molecule has 1 aliphatic rings. The SMILES string of the molecule is CC(C)N1C(=O)S/C(=C/c2ccc(-c3ccccc3)cc2)C1=O. The summed E-state index contributed by atoms with van der Waals surface area (Å²) in [4.78, 5) is 25.9. The molecular weight excluding hydrogens is 306 g/mol. The van der Waals surface area contributed by atoms with Crippen LogP contribution in [0.1, 0.15) is 19.4 Å². The monoisotopic (exact) mass is 323 g/mol. The molecule has 0 N–H and O–H groups in total. The highest BCUT2D eigenvalue weighted by atomic mass is 32.2. The lowest BCUT2D eigenvalue weighted by Crippen LogP contribution is -2.34. The van der Waals surface area contributed by atoms with Crippen LogP contribution >= 0.6 is 11.8 Å². The number of hydrogen-bond acceptors (Lipinski definition) is 3. The van der Waals surface area contributed by atoms with E-state index in [0.717, 1.165) is 28.5 Å². The molecule has 0 atom stereocenters. The molecule has 4 heteroatoms. The quantitative estimate of drug-likeness (QED) is 0.762. The first-order valence-electron chi connectivity index (χ1n) is 7.49. The number of carbonyl (C=O) groups is 2. The molecule has 116 valence electrons. The maximum Gasteiger partial charge on any atom is 0.293 e. The number of hydrogen-bond donors (Lipinski definition) is 0. The van der Waals surface area contributed by atoms with Crippen molar-refractivity contribution in [3.63, 3.8) is 0 Å². The van der Waals surface area contributed by atoms with E-state index >= 15 is 0 Å². The van der Waals surface area contributed by atoms with Gasteiger partial charge in [0, 0.05) is 6.04 Å². The Morgan fingerprint density at radius 2 is 1.52 bits per heavy atom. The number of amides is 2. The van der Waals surface area contributed by atoms with E-state index in [1.54, 1.807) is 6.08 Å². The van der Waals surface area contributed by atoms with Crippen molar-refractivity contribution in [3.05, 3.63) is 65.1 Å². The molecule has 1 fully saturated rings. The third-order valence-corrected chi connectivity index (χ3v) is 4.54. The normalized spacial score (nSPS) is 16.7. The summed E-state index contributed by atoms with van der Waals surface area (Å²) in [5.74, 6) is -0.206. The van der Waals surface area contributed by atoms with Crippen LogP contribution in [0.3, 0.4) is 0 Å². The second-order valence-corrected chi connectivity index (χ2v) is 6.63. The zero-order chi connectivity index (χ0) is 16.4. The fourth-order valence-electron chi connectivity index (χ4n) is 2.48. The van der Waals surface area contributed by atoms with Gasteiger partial charge in [-0.15, -0.1) is 0 Å². The van der Waals surface area contributed by atoms with E-state index in [1.807, 2.05) is 56.3 Å². The summed E-state index contributed by atoms with van der Waals surface area (Å²) in [5.41, 5.74) is 3.19. The molecule has 0 radical (unpaired) electrons. The first kappa shape index (κ1) is 15.6. The number of carbonyl (C=O) groups excluding carboxylic acids is 2. The van der Waals surface area contributed by atoms with E-state index in [0.29, 0.717) is 4.91 Å². The first-order chi connectivity index (χ1) is 11.1. The van der Waals surface area contributed by atoms with Gasteiger partial charge in [-0.2, -0.15) is 0 Å². The summed E-state index contributed by atoms with van der Waals surface area (Å²) in [6, 6.07) is 18.0. The predicted molar refractivity (Wildman–Crippen MR) is 94.8 cm³/mol. The Labute approximate surface area is 140 Å². The van der Waals surface area contributed by atoms with Gasteiger partial charge in [-0.05, 0) is 48.4 Å². The van der Waals surface area contributed by atoms with E-state index in [9.17, 15) is 9.59 Å². The van der Waals surface area contributed by atoms with Crippen molar-refractivity contribution < 1.29 is 9.59 Å². The highest BCUT2D eigenvalue weighted by Gasteiger charge is 2.36. The largest absolute Gasteiger partial charge is 0.293 e. The van der Waals surface area contributed by atoms with E-state index in [2.05, 4.69) is 12.1 Å². The lowest BCUT2D eigenvalue weighted by molar-refractivity contribution is -0.123. The van der Waals surface area contributed by atoms with Gasteiger partial charge < -0.3 is 0 Å². The molecule has 0 aliphatic carbocycles. The van der Waals surface area contributed by atoms with Gasteiger partial charge in [0.05, 0.1) is 4.91 Å². The van der Waals surface area contributed by atoms with Gasteiger partial charge in [0.15, 0.2) is 0 Å². The lowest BCUT2D eigenvalue weighted by Gasteiger charge is -2.16. The second kappa shape index (κ2) is 6.42. The van der Waals surface area contributed by atoms with Crippen LogP contribution in [0.2, 0.25) is 0 Å². The van der Waals surface area contributed by atoms with E-state index in [1.165, 1.54) is 4.90 Å². The van der Waals surface area contributed by atoms with Gasteiger partial charge in [-0.25, -0.2) is 0 Å². The average molecular weight is 323 g/mol. The minimum Gasteiger partial charge on any atom is -0.268 e. The Morgan fingerprint density at radius 3 is 2.09 bits per heavy atom. The highest BCUT2D eigenvalue weighted by Crippen LogP contribution is 2.33. The van der Waals surface area contributed by atoms with Crippen LogP contribution in [-0.4, -0.2) is 22.1 Å². The summed E-state index contributed by atoms with van der Waals surface area (Å²) >= 11 is 1.00. The molecular formula is C19H17NO2S. The van der Waals surface area contributed by atoms with Gasteiger partial charge >= 0.3 is 0 Å². The van der Waals surface area contributed by atoms with E-state index in [4.69, 9.17) is 0 Å². The molecule has 3 nitrogen and oxygen atoms in total.